The van der Waals surface area contributed by atoms with Crippen molar-refractivity contribution in [1.29, 1.82) is 0 Å². The Morgan fingerprint density at radius 1 is 0.418 bits per heavy atom. The van der Waals surface area contributed by atoms with Gasteiger partial charge >= 0.3 is 5.97 Å². The monoisotopic (exact) mass is 940 g/mol. The van der Waals surface area contributed by atoms with E-state index in [1.165, 1.54) is 199 Å². The summed E-state index contributed by atoms with van der Waals surface area (Å²) < 4.78 is 5.46. The van der Waals surface area contributed by atoms with E-state index >= 15 is 0 Å². The molecule has 6 nitrogen and oxygen atoms in total. The van der Waals surface area contributed by atoms with Crippen LogP contribution in [0, 0.1) is 0 Å². The van der Waals surface area contributed by atoms with Crippen LogP contribution in [0.3, 0.4) is 0 Å². The highest BCUT2D eigenvalue weighted by molar-refractivity contribution is 5.76. The van der Waals surface area contributed by atoms with Crippen LogP contribution in [0.5, 0.6) is 0 Å². The van der Waals surface area contributed by atoms with Gasteiger partial charge in [-0.25, -0.2) is 0 Å². The van der Waals surface area contributed by atoms with E-state index in [9.17, 15) is 19.8 Å². The highest BCUT2D eigenvalue weighted by atomic mass is 16.5. The molecular formula is C61H113NO5. The average molecular weight is 941 g/mol. The molecule has 2 atom stereocenters. The first kappa shape index (κ1) is 64.8. The first-order chi connectivity index (χ1) is 33.0. The van der Waals surface area contributed by atoms with Crippen LogP contribution in [0.4, 0.5) is 0 Å². The predicted molar refractivity (Wildman–Crippen MR) is 292 cm³/mol. The van der Waals surface area contributed by atoms with E-state index in [2.05, 4.69) is 67.8 Å². The summed E-state index contributed by atoms with van der Waals surface area (Å²) in [7, 11) is 0. The Bertz CT molecular complexity index is 1130. The first-order valence-corrected chi connectivity index (χ1v) is 29.4. The summed E-state index contributed by atoms with van der Waals surface area (Å²) >= 11 is 0. The quantitative estimate of drug-likeness (QED) is 0.0321. The van der Waals surface area contributed by atoms with Gasteiger partial charge in [-0.05, 0) is 83.5 Å². The van der Waals surface area contributed by atoms with Gasteiger partial charge in [0.2, 0.25) is 5.91 Å². The van der Waals surface area contributed by atoms with E-state index < -0.39 is 12.1 Å². The van der Waals surface area contributed by atoms with Crippen LogP contribution in [-0.2, 0) is 14.3 Å². The minimum atomic E-state index is -0.671. The van der Waals surface area contributed by atoms with Crippen molar-refractivity contribution in [2.75, 3.05) is 13.2 Å². The standard InChI is InChI=1S/C61H113NO5/c1-3-5-7-9-11-13-15-17-31-35-39-43-47-51-55-61(66)67-56-52-48-44-40-36-32-28-26-24-22-20-18-19-21-23-25-27-30-34-38-42-46-50-54-60(65)62-58(57-63)59(64)53-49-45-41-37-33-29-16-14-12-10-8-6-4-2/h9,11,15,17-18,20-21,23,58-59,63-64H,3-8,10,12-14,16,19,22,24-57H2,1-2H3,(H,62,65)/b11-9-,17-15-,20-18-,23-21-. The molecule has 0 radical (unpaired) electrons. The summed E-state index contributed by atoms with van der Waals surface area (Å²) in [5.41, 5.74) is 0. The van der Waals surface area contributed by atoms with Crippen LogP contribution in [0.2, 0.25) is 0 Å². The molecule has 0 aromatic heterocycles. The zero-order valence-electron chi connectivity index (χ0n) is 44.6. The third-order valence-electron chi connectivity index (χ3n) is 13.4. The maximum absolute atomic E-state index is 12.5. The van der Waals surface area contributed by atoms with Gasteiger partial charge in [0.05, 0.1) is 25.4 Å². The van der Waals surface area contributed by atoms with Gasteiger partial charge in [-0.1, -0.05) is 255 Å². The Kier molecular flexibility index (Phi) is 54.6. The molecule has 0 saturated carbocycles. The molecule has 0 heterocycles. The lowest BCUT2D eigenvalue weighted by molar-refractivity contribution is -0.143. The number of carbonyl (C=O) groups excluding carboxylic acids is 2. The largest absolute Gasteiger partial charge is 0.466 e. The molecule has 0 aromatic rings. The summed E-state index contributed by atoms with van der Waals surface area (Å²) in [5.74, 6) is -0.0541. The Hall–Kier alpha value is -2.18. The lowest BCUT2D eigenvalue weighted by Gasteiger charge is -2.22. The molecule has 0 saturated heterocycles. The number of allylic oxidation sites excluding steroid dienone is 8. The fourth-order valence-electron chi connectivity index (χ4n) is 8.80. The molecule has 0 aliphatic rings. The number of aliphatic hydroxyl groups excluding tert-OH is 2. The first-order valence-electron chi connectivity index (χ1n) is 29.4. The van der Waals surface area contributed by atoms with Crippen molar-refractivity contribution in [2.45, 2.75) is 315 Å². The number of ether oxygens (including phenoxy) is 1. The predicted octanol–water partition coefficient (Wildman–Crippen LogP) is 18.2. The molecule has 67 heavy (non-hydrogen) atoms. The topological polar surface area (TPSA) is 95.9 Å². The van der Waals surface area contributed by atoms with Gasteiger partial charge in [0, 0.05) is 12.8 Å². The molecule has 392 valence electrons. The Labute approximate surface area is 416 Å². The van der Waals surface area contributed by atoms with Gasteiger partial charge < -0.3 is 20.3 Å². The van der Waals surface area contributed by atoms with Crippen molar-refractivity contribution in [2.24, 2.45) is 0 Å². The summed E-state index contributed by atoms with van der Waals surface area (Å²) in [4.78, 5) is 24.5. The van der Waals surface area contributed by atoms with Gasteiger partial charge in [0.1, 0.15) is 0 Å². The molecule has 3 N–H and O–H groups in total. The molecule has 0 bridgehead atoms. The lowest BCUT2D eigenvalue weighted by atomic mass is 10.0. The van der Waals surface area contributed by atoms with E-state index in [4.69, 9.17) is 4.74 Å². The second-order valence-corrected chi connectivity index (χ2v) is 20.0. The number of hydrogen-bond donors (Lipinski definition) is 3. The molecule has 0 rings (SSSR count). The van der Waals surface area contributed by atoms with Crippen molar-refractivity contribution in [3.05, 3.63) is 48.6 Å². The summed E-state index contributed by atoms with van der Waals surface area (Å²) in [5, 5.41) is 23.2. The highest BCUT2D eigenvalue weighted by Crippen LogP contribution is 2.16. The van der Waals surface area contributed by atoms with Crippen molar-refractivity contribution in [1.82, 2.24) is 5.32 Å². The van der Waals surface area contributed by atoms with Crippen LogP contribution < -0.4 is 5.32 Å². The van der Waals surface area contributed by atoms with Crippen molar-refractivity contribution < 1.29 is 24.5 Å². The molecule has 0 aliphatic carbocycles. The summed E-state index contributed by atoms with van der Waals surface area (Å²) in [6.45, 7) is 4.89. The van der Waals surface area contributed by atoms with Crippen LogP contribution in [0.25, 0.3) is 0 Å². The zero-order chi connectivity index (χ0) is 48.6. The molecule has 0 aromatic carbocycles. The molecule has 6 heteroatoms. The number of esters is 1. The fourth-order valence-corrected chi connectivity index (χ4v) is 8.80. The number of nitrogens with one attached hydrogen (secondary N) is 1. The maximum atomic E-state index is 12.5. The van der Waals surface area contributed by atoms with E-state index in [0.717, 1.165) is 70.6 Å². The number of aliphatic hydroxyl groups is 2. The normalized spacial score (nSPS) is 13.0. The SMILES string of the molecule is CCCC/C=C\C/C=C\CCCCCCCC(=O)OCCCCCCCCCCC/C=C\C/C=C\CCCCCCCCCC(=O)NC(CO)C(O)CCCCCCCCCCCCCCC. The number of rotatable bonds is 54. The van der Waals surface area contributed by atoms with Crippen LogP contribution >= 0.6 is 0 Å². The average Bonchev–Trinajstić information content (AvgIpc) is 3.33. The van der Waals surface area contributed by atoms with E-state index in [1.807, 2.05) is 0 Å². The zero-order valence-corrected chi connectivity index (χ0v) is 44.6. The van der Waals surface area contributed by atoms with Gasteiger partial charge in [-0.3, -0.25) is 9.59 Å². The molecule has 0 fully saturated rings. The van der Waals surface area contributed by atoms with Gasteiger partial charge in [0.15, 0.2) is 0 Å². The number of carbonyl (C=O) groups is 2. The van der Waals surface area contributed by atoms with E-state index in [1.54, 1.807) is 0 Å². The van der Waals surface area contributed by atoms with Crippen LogP contribution in [-0.4, -0.2) is 47.4 Å². The van der Waals surface area contributed by atoms with Crippen LogP contribution in [0.15, 0.2) is 48.6 Å². The van der Waals surface area contributed by atoms with Gasteiger partial charge in [0.25, 0.3) is 0 Å². The molecule has 0 aliphatic heterocycles. The maximum Gasteiger partial charge on any atom is 0.305 e. The number of hydrogen-bond acceptors (Lipinski definition) is 5. The van der Waals surface area contributed by atoms with Crippen LogP contribution in [0.1, 0.15) is 303 Å². The summed E-state index contributed by atoms with van der Waals surface area (Å²) in [6.07, 6.45) is 71.0. The minimum absolute atomic E-state index is 0.00809. The third-order valence-corrected chi connectivity index (χ3v) is 13.4. The Morgan fingerprint density at radius 2 is 0.761 bits per heavy atom. The van der Waals surface area contributed by atoms with E-state index in [0.29, 0.717) is 25.9 Å². The second-order valence-electron chi connectivity index (χ2n) is 20.0. The Morgan fingerprint density at radius 3 is 1.18 bits per heavy atom. The second kappa shape index (κ2) is 56.4. The lowest BCUT2D eigenvalue weighted by Crippen LogP contribution is -2.45. The van der Waals surface area contributed by atoms with Crippen molar-refractivity contribution >= 4 is 11.9 Å². The molecule has 0 spiro atoms. The van der Waals surface area contributed by atoms with Crippen molar-refractivity contribution in [3.63, 3.8) is 0 Å². The number of unbranched alkanes of at least 4 members (excludes halogenated alkanes) is 35. The van der Waals surface area contributed by atoms with Gasteiger partial charge in [-0.15, -0.1) is 0 Å². The molecule has 1 amide bonds. The molecule has 2 unspecified atom stereocenters. The number of amides is 1. The molecular weight excluding hydrogens is 827 g/mol. The minimum Gasteiger partial charge on any atom is -0.466 e. The Balaban J connectivity index is 3.46. The van der Waals surface area contributed by atoms with Crippen molar-refractivity contribution in [3.8, 4) is 0 Å². The third kappa shape index (κ3) is 53.0. The smallest absolute Gasteiger partial charge is 0.305 e. The van der Waals surface area contributed by atoms with E-state index in [-0.39, 0.29) is 18.5 Å². The fraction of sp³-hybridized carbons (Fsp3) is 0.836. The summed E-state index contributed by atoms with van der Waals surface area (Å²) in [6, 6.07) is -0.549. The highest BCUT2D eigenvalue weighted by Gasteiger charge is 2.20. The van der Waals surface area contributed by atoms with Gasteiger partial charge in [-0.2, -0.15) is 0 Å².